The molecule has 0 saturated carbocycles. The van der Waals surface area contributed by atoms with Gasteiger partial charge in [-0.3, -0.25) is 4.79 Å². The van der Waals surface area contributed by atoms with Crippen LogP contribution in [0.5, 0.6) is 5.75 Å². The molecule has 1 saturated heterocycles. The zero-order valence-corrected chi connectivity index (χ0v) is 19.3. The van der Waals surface area contributed by atoms with Crippen LogP contribution in [0.1, 0.15) is 9.67 Å². The van der Waals surface area contributed by atoms with Crippen LogP contribution in [0.2, 0.25) is 10.0 Å². The van der Waals surface area contributed by atoms with E-state index in [1.807, 2.05) is 41.3 Å². The van der Waals surface area contributed by atoms with Gasteiger partial charge in [0.1, 0.15) is 10.6 Å². The fraction of sp³-hybridized carbons (Fsp3) is 0.238. The summed E-state index contributed by atoms with van der Waals surface area (Å²) < 4.78 is 6.09. The average molecular weight is 480 g/mol. The predicted octanol–water partition coefficient (Wildman–Crippen LogP) is 5.37. The van der Waals surface area contributed by atoms with Gasteiger partial charge in [0.25, 0.3) is 5.91 Å². The van der Waals surface area contributed by atoms with Crippen molar-refractivity contribution in [1.29, 1.82) is 0 Å². The van der Waals surface area contributed by atoms with E-state index in [2.05, 4.69) is 10.2 Å². The Hall–Kier alpha value is -2.06. The molecule has 2 aromatic carbocycles. The van der Waals surface area contributed by atoms with Gasteiger partial charge in [0.05, 0.1) is 12.1 Å². The number of anilines is 1. The predicted molar refractivity (Wildman–Crippen MR) is 129 cm³/mol. The zero-order valence-electron chi connectivity index (χ0n) is 16.2. The number of nitrogens with zero attached hydrogens (tertiary/aromatic N) is 2. The van der Waals surface area contributed by atoms with Crippen molar-refractivity contribution in [2.24, 2.45) is 0 Å². The Kier molecular flexibility index (Phi) is 6.34. The number of amides is 1. The number of thiocarbonyl (C=S) groups is 1. The molecular weight excluding hydrogens is 461 g/mol. The standard InChI is InChI=1S/C21H19Cl2N3O2S2/c1-28-15-5-3-14(4-6-15)24-21(29)26-10-8-25(9-11-26)20(27)19-18(23)16-7-2-13(22)12-17(16)30-19/h2-7,12H,8-11H2,1H3,(H,24,29). The lowest BCUT2D eigenvalue weighted by molar-refractivity contribution is 0.0698. The summed E-state index contributed by atoms with van der Waals surface area (Å²) >= 11 is 19.5. The molecular formula is C21H19Cl2N3O2S2. The third kappa shape index (κ3) is 4.34. The van der Waals surface area contributed by atoms with E-state index >= 15 is 0 Å². The minimum absolute atomic E-state index is 0.0500. The normalized spacial score (nSPS) is 14.1. The molecule has 1 aliphatic heterocycles. The van der Waals surface area contributed by atoms with Crippen LogP contribution in [0.25, 0.3) is 10.1 Å². The number of methoxy groups -OCH3 is 1. The van der Waals surface area contributed by atoms with Crippen molar-refractivity contribution in [3.63, 3.8) is 0 Å². The zero-order chi connectivity index (χ0) is 21.3. The Balaban J connectivity index is 1.38. The SMILES string of the molecule is COc1ccc(NC(=S)N2CCN(C(=O)c3sc4cc(Cl)ccc4c3Cl)CC2)cc1. The first kappa shape index (κ1) is 21.2. The number of carbonyl (C=O) groups is 1. The Morgan fingerprint density at radius 2 is 1.73 bits per heavy atom. The third-order valence-electron chi connectivity index (χ3n) is 4.98. The van der Waals surface area contributed by atoms with E-state index in [0.29, 0.717) is 46.2 Å². The minimum atomic E-state index is -0.0500. The first-order valence-corrected chi connectivity index (χ1v) is 11.3. The Bertz CT molecular complexity index is 1090. The number of ether oxygens (including phenoxy) is 1. The van der Waals surface area contributed by atoms with Crippen molar-refractivity contribution in [3.05, 3.63) is 57.4 Å². The summed E-state index contributed by atoms with van der Waals surface area (Å²) in [5.74, 6) is 0.742. The lowest BCUT2D eigenvalue weighted by Crippen LogP contribution is -2.51. The number of rotatable bonds is 3. The monoisotopic (exact) mass is 479 g/mol. The van der Waals surface area contributed by atoms with E-state index in [1.54, 1.807) is 13.2 Å². The molecule has 3 aromatic rings. The van der Waals surface area contributed by atoms with E-state index in [-0.39, 0.29) is 5.91 Å². The molecule has 0 aliphatic carbocycles. The first-order chi connectivity index (χ1) is 14.5. The molecule has 1 aromatic heterocycles. The summed E-state index contributed by atoms with van der Waals surface area (Å²) in [6, 6.07) is 13.1. The van der Waals surface area contributed by atoms with Crippen LogP contribution in [-0.4, -0.2) is 54.1 Å². The summed E-state index contributed by atoms with van der Waals surface area (Å²) in [6.07, 6.45) is 0. The van der Waals surface area contributed by atoms with Crippen molar-refractivity contribution in [1.82, 2.24) is 9.80 Å². The highest BCUT2D eigenvalue weighted by Gasteiger charge is 2.27. The summed E-state index contributed by atoms with van der Waals surface area (Å²) in [5, 5.41) is 5.86. The highest BCUT2D eigenvalue weighted by atomic mass is 35.5. The molecule has 156 valence electrons. The smallest absolute Gasteiger partial charge is 0.265 e. The van der Waals surface area contributed by atoms with Gasteiger partial charge in [0, 0.05) is 47.0 Å². The van der Waals surface area contributed by atoms with E-state index in [1.165, 1.54) is 11.3 Å². The number of fused-ring (bicyclic) bond motifs is 1. The number of halogens is 2. The van der Waals surface area contributed by atoms with Crippen LogP contribution in [0, 0.1) is 0 Å². The molecule has 2 heterocycles. The van der Waals surface area contributed by atoms with Crippen molar-refractivity contribution in [2.45, 2.75) is 0 Å². The molecule has 9 heteroatoms. The van der Waals surface area contributed by atoms with E-state index < -0.39 is 0 Å². The number of carbonyl (C=O) groups excluding carboxylic acids is 1. The van der Waals surface area contributed by atoms with Crippen LogP contribution >= 0.6 is 46.8 Å². The second-order valence-corrected chi connectivity index (χ2v) is 9.08. The number of hydrogen-bond acceptors (Lipinski definition) is 4. The molecule has 5 nitrogen and oxygen atoms in total. The van der Waals surface area contributed by atoms with Gasteiger partial charge in [-0.1, -0.05) is 29.3 Å². The van der Waals surface area contributed by atoms with Crippen LogP contribution in [-0.2, 0) is 0 Å². The van der Waals surface area contributed by atoms with Crippen LogP contribution < -0.4 is 10.1 Å². The van der Waals surface area contributed by atoms with E-state index in [4.69, 9.17) is 40.2 Å². The molecule has 0 unspecified atom stereocenters. The quantitative estimate of drug-likeness (QED) is 0.511. The lowest BCUT2D eigenvalue weighted by atomic mass is 10.2. The highest BCUT2D eigenvalue weighted by molar-refractivity contribution is 7.80. The number of benzene rings is 2. The summed E-state index contributed by atoms with van der Waals surface area (Å²) in [7, 11) is 1.63. The molecule has 0 atom stereocenters. The number of thiophene rings is 1. The largest absolute Gasteiger partial charge is 0.497 e. The maximum absolute atomic E-state index is 13.0. The van der Waals surface area contributed by atoms with Crippen LogP contribution in [0.3, 0.4) is 0 Å². The van der Waals surface area contributed by atoms with Crippen LogP contribution in [0.15, 0.2) is 42.5 Å². The lowest BCUT2D eigenvalue weighted by Gasteiger charge is -2.36. The summed E-state index contributed by atoms with van der Waals surface area (Å²) in [5.41, 5.74) is 0.898. The minimum Gasteiger partial charge on any atom is -0.497 e. The maximum Gasteiger partial charge on any atom is 0.265 e. The summed E-state index contributed by atoms with van der Waals surface area (Å²) in [4.78, 5) is 17.5. The maximum atomic E-state index is 13.0. The average Bonchev–Trinajstić information content (AvgIpc) is 3.09. The van der Waals surface area contributed by atoms with Crippen LogP contribution in [0.4, 0.5) is 5.69 Å². The molecule has 0 bridgehead atoms. The van der Waals surface area contributed by atoms with Gasteiger partial charge in [0.2, 0.25) is 0 Å². The van der Waals surface area contributed by atoms with E-state index in [0.717, 1.165) is 21.5 Å². The van der Waals surface area contributed by atoms with Crippen molar-refractivity contribution >= 4 is 73.5 Å². The third-order valence-corrected chi connectivity index (χ3v) is 7.22. The fourth-order valence-corrected chi connectivity index (χ4v) is 5.37. The van der Waals surface area contributed by atoms with Gasteiger partial charge < -0.3 is 19.9 Å². The first-order valence-electron chi connectivity index (χ1n) is 9.33. The molecule has 0 radical (unpaired) electrons. The molecule has 0 spiro atoms. The summed E-state index contributed by atoms with van der Waals surface area (Å²) in [6.45, 7) is 2.47. The molecule has 1 aliphatic rings. The van der Waals surface area contributed by atoms with Crippen molar-refractivity contribution < 1.29 is 9.53 Å². The van der Waals surface area contributed by atoms with Gasteiger partial charge in [-0.15, -0.1) is 11.3 Å². The van der Waals surface area contributed by atoms with Gasteiger partial charge >= 0.3 is 0 Å². The highest BCUT2D eigenvalue weighted by Crippen LogP contribution is 2.37. The second-order valence-electron chi connectivity index (χ2n) is 6.82. The Labute approximate surface area is 194 Å². The number of nitrogens with one attached hydrogen (secondary N) is 1. The number of piperazine rings is 1. The molecule has 1 amide bonds. The molecule has 4 rings (SSSR count). The molecule has 1 fully saturated rings. The fourth-order valence-electron chi connectivity index (χ4n) is 3.31. The van der Waals surface area contributed by atoms with Gasteiger partial charge in [-0.05, 0) is 48.6 Å². The van der Waals surface area contributed by atoms with E-state index in [9.17, 15) is 4.79 Å². The van der Waals surface area contributed by atoms with Crippen molar-refractivity contribution in [3.8, 4) is 5.75 Å². The molecule has 1 N–H and O–H groups in total. The molecule has 30 heavy (non-hydrogen) atoms. The van der Waals surface area contributed by atoms with Gasteiger partial charge in [-0.2, -0.15) is 0 Å². The topological polar surface area (TPSA) is 44.8 Å². The van der Waals surface area contributed by atoms with Gasteiger partial charge in [-0.25, -0.2) is 0 Å². The Morgan fingerprint density at radius 3 is 2.40 bits per heavy atom. The second kappa shape index (κ2) is 8.98. The van der Waals surface area contributed by atoms with Gasteiger partial charge in [0.15, 0.2) is 5.11 Å². The Morgan fingerprint density at radius 1 is 1.07 bits per heavy atom. The van der Waals surface area contributed by atoms with Crippen molar-refractivity contribution in [2.75, 3.05) is 38.6 Å². The number of hydrogen-bond donors (Lipinski definition) is 1.